The number of pyridine rings is 2. The van der Waals surface area contributed by atoms with Crippen molar-refractivity contribution in [1.82, 2.24) is 19.5 Å². The number of nitrogens with zero attached hydrogens (tertiary/aromatic N) is 4. The van der Waals surface area contributed by atoms with Crippen molar-refractivity contribution < 1.29 is 24.1 Å². The highest BCUT2D eigenvalue weighted by molar-refractivity contribution is 14.1. The molecule has 3 aromatic heterocycles. The average Bonchev–Trinajstić information content (AvgIpc) is 3.13. The van der Waals surface area contributed by atoms with Crippen LogP contribution in [0, 0.1) is 3.57 Å². The van der Waals surface area contributed by atoms with Crippen LogP contribution in [0.3, 0.4) is 0 Å². The molecule has 2 N–H and O–H groups in total. The maximum absolute atomic E-state index is 11.3. The molecule has 33 heavy (non-hydrogen) atoms. The highest BCUT2D eigenvalue weighted by Crippen LogP contribution is 2.30. The zero-order chi connectivity index (χ0) is 23.4. The number of carboxylic acid groups (broad SMARTS) is 1. The van der Waals surface area contributed by atoms with Gasteiger partial charge in [-0.3, -0.25) is 9.88 Å². The first-order valence-corrected chi connectivity index (χ1v) is 10.8. The van der Waals surface area contributed by atoms with Gasteiger partial charge in [0.2, 0.25) is 11.8 Å². The molecule has 10 nitrogen and oxygen atoms in total. The number of carbonyl (C=O) groups is 1. The minimum absolute atomic E-state index is 0.193. The number of halogens is 1. The molecule has 3 heterocycles. The fourth-order valence-corrected chi connectivity index (χ4v) is 3.65. The Hall–Kier alpha value is -3.61. The summed E-state index contributed by atoms with van der Waals surface area (Å²) in [6, 6.07) is 11.0. The van der Waals surface area contributed by atoms with Gasteiger partial charge in [-0.05, 0) is 52.4 Å². The molecule has 0 radical (unpaired) electrons. The number of imidazole rings is 1. The van der Waals surface area contributed by atoms with Crippen LogP contribution in [0.15, 0.2) is 48.8 Å². The predicted molar refractivity (Wildman–Crippen MR) is 129 cm³/mol. The summed E-state index contributed by atoms with van der Waals surface area (Å²) in [6.07, 6.45) is 2.20. The van der Waals surface area contributed by atoms with Gasteiger partial charge < -0.3 is 19.3 Å². The summed E-state index contributed by atoms with van der Waals surface area (Å²) in [5.41, 5.74) is 2.92. The summed E-state index contributed by atoms with van der Waals surface area (Å²) >= 11 is 2.14. The molecule has 0 saturated carbocycles. The molecule has 11 heteroatoms. The third-order valence-corrected chi connectivity index (χ3v) is 5.33. The molecule has 0 aliphatic heterocycles. The molecule has 4 aromatic rings. The van der Waals surface area contributed by atoms with Gasteiger partial charge in [0.25, 0.3) is 0 Å². The Kier molecular flexibility index (Phi) is 6.77. The van der Waals surface area contributed by atoms with Crippen molar-refractivity contribution in [3.8, 4) is 17.4 Å². The number of benzene rings is 1. The Morgan fingerprint density at radius 3 is 2.58 bits per heavy atom. The molecule has 1 amide bonds. The topological polar surface area (TPSA) is 121 Å². The SMILES string of the molecule is COc1ccc(COc2ccc(Cn3c(NC(=O)O)nc4cc(I)cnc43)cc2OC)cn1. The molecule has 170 valence electrons. The fourth-order valence-electron chi connectivity index (χ4n) is 3.22. The Morgan fingerprint density at radius 2 is 1.88 bits per heavy atom. The molecule has 1 aromatic carbocycles. The maximum atomic E-state index is 11.3. The van der Waals surface area contributed by atoms with Gasteiger partial charge in [-0.15, -0.1) is 0 Å². The number of nitrogens with one attached hydrogen (secondary N) is 1. The Bertz CT molecular complexity index is 1290. The van der Waals surface area contributed by atoms with E-state index < -0.39 is 6.09 Å². The normalized spacial score (nSPS) is 10.8. The van der Waals surface area contributed by atoms with Crippen LogP contribution in [0.4, 0.5) is 10.7 Å². The van der Waals surface area contributed by atoms with Crippen LogP contribution in [-0.2, 0) is 13.2 Å². The van der Waals surface area contributed by atoms with E-state index in [9.17, 15) is 9.90 Å². The number of amides is 1. The van der Waals surface area contributed by atoms with E-state index >= 15 is 0 Å². The summed E-state index contributed by atoms with van der Waals surface area (Å²) in [7, 11) is 3.13. The molecule has 0 aliphatic rings. The number of hydrogen-bond donors (Lipinski definition) is 2. The molecule has 0 bridgehead atoms. The van der Waals surface area contributed by atoms with Crippen molar-refractivity contribution in [2.75, 3.05) is 19.5 Å². The van der Waals surface area contributed by atoms with Crippen molar-refractivity contribution >= 4 is 45.8 Å². The summed E-state index contributed by atoms with van der Waals surface area (Å²) in [6.45, 7) is 0.646. The van der Waals surface area contributed by atoms with Crippen LogP contribution < -0.4 is 19.5 Å². The molecule has 0 unspecified atom stereocenters. The predicted octanol–water partition coefficient (Wildman–Crippen LogP) is 4.17. The summed E-state index contributed by atoms with van der Waals surface area (Å²) in [5, 5.41) is 11.5. The van der Waals surface area contributed by atoms with Gasteiger partial charge in [0.1, 0.15) is 12.1 Å². The van der Waals surface area contributed by atoms with Gasteiger partial charge in [0.15, 0.2) is 17.1 Å². The number of anilines is 1. The van der Waals surface area contributed by atoms with E-state index in [1.807, 2.05) is 30.3 Å². The number of rotatable bonds is 8. The Labute approximate surface area is 202 Å². The van der Waals surface area contributed by atoms with E-state index in [0.717, 1.165) is 14.7 Å². The maximum Gasteiger partial charge on any atom is 0.411 e. The highest BCUT2D eigenvalue weighted by atomic mass is 127. The molecule has 0 saturated heterocycles. The average molecular weight is 561 g/mol. The first-order chi connectivity index (χ1) is 16.0. The summed E-state index contributed by atoms with van der Waals surface area (Å²) in [5.74, 6) is 1.85. The molecular weight excluding hydrogens is 541 g/mol. The van der Waals surface area contributed by atoms with E-state index in [-0.39, 0.29) is 5.95 Å². The first-order valence-electron chi connectivity index (χ1n) is 9.77. The van der Waals surface area contributed by atoms with Crippen LogP contribution in [0.2, 0.25) is 0 Å². The lowest BCUT2D eigenvalue weighted by Gasteiger charge is -2.14. The number of methoxy groups -OCH3 is 2. The molecule has 4 rings (SSSR count). The van der Waals surface area contributed by atoms with Gasteiger partial charge >= 0.3 is 6.09 Å². The van der Waals surface area contributed by atoms with Crippen LogP contribution in [-0.4, -0.2) is 44.9 Å². The van der Waals surface area contributed by atoms with Crippen LogP contribution in [0.25, 0.3) is 11.2 Å². The summed E-state index contributed by atoms with van der Waals surface area (Å²) < 4.78 is 19.1. The van der Waals surface area contributed by atoms with Gasteiger partial charge in [0, 0.05) is 27.6 Å². The van der Waals surface area contributed by atoms with Crippen LogP contribution in [0.5, 0.6) is 17.4 Å². The fraction of sp³-hybridized carbons (Fsp3) is 0.182. The van der Waals surface area contributed by atoms with E-state index in [4.69, 9.17) is 14.2 Å². The minimum Gasteiger partial charge on any atom is -0.493 e. The Balaban J connectivity index is 1.57. The standard InChI is InChI=1S/C22H20IN5O5/c1-31-18-7-13(3-5-17(18)33-12-14-4-6-19(32-2)24-9-14)11-28-20-16(8-15(23)10-25-20)26-21(28)27-22(29)30/h3-10H,11-12H2,1-2H3,(H,26,27)(H,29,30). The zero-order valence-corrected chi connectivity index (χ0v) is 19.9. The molecule has 0 spiro atoms. The third-order valence-electron chi connectivity index (χ3n) is 4.74. The number of ether oxygens (including phenoxy) is 3. The van der Waals surface area contributed by atoms with Gasteiger partial charge in [-0.2, -0.15) is 0 Å². The van der Waals surface area contributed by atoms with Crippen LogP contribution in [0.1, 0.15) is 11.1 Å². The molecule has 0 fully saturated rings. The lowest BCUT2D eigenvalue weighted by Crippen LogP contribution is -2.14. The van der Waals surface area contributed by atoms with E-state index in [2.05, 4.69) is 42.9 Å². The van der Waals surface area contributed by atoms with Crippen molar-refractivity contribution in [1.29, 1.82) is 0 Å². The van der Waals surface area contributed by atoms with Crippen LogP contribution >= 0.6 is 22.6 Å². The second-order valence-corrected chi connectivity index (χ2v) is 8.18. The van der Waals surface area contributed by atoms with E-state index in [0.29, 0.717) is 41.7 Å². The lowest BCUT2D eigenvalue weighted by atomic mass is 10.2. The second kappa shape index (κ2) is 9.90. The molecular formula is C22H20IN5O5. The monoisotopic (exact) mass is 561 g/mol. The minimum atomic E-state index is -1.20. The first kappa shape index (κ1) is 22.6. The Morgan fingerprint density at radius 1 is 1.06 bits per heavy atom. The van der Waals surface area contributed by atoms with Crippen molar-refractivity contribution in [3.05, 3.63) is 63.5 Å². The highest BCUT2D eigenvalue weighted by Gasteiger charge is 2.16. The van der Waals surface area contributed by atoms with Gasteiger partial charge in [0.05, 0.1) is 20.8 Å². The number of hydrogen-bond acceptors (Lipinski definition) is 7. The van der Waals surface area contributed by atoms with Crippen molar-refractivity contribution in [2.45, 2.75) is 13.2 Å². The largest absolute Gasteiger partial charge is 0.493 e. The molecule has 0 aliphatic carbocycles. The number of aromatic nitrogens is 4. The van der Waals surface area contributed by atoms with E-state index in [1.165, 1.54) is 0 Å². The smallest absolute Gasteiger partial charge is 0.411 e. The zero-order valence-electron chi connectivity index (χ0n) is 17.8. The van der Waals surface area contributed by atoms with Crippen molar-refractivity contribution in [2.24, 2.45) is 0 Å². The summed E-state index contributed by atoms with van der Waals surface area (Å²) in [4.78, 5) is 24.2. The molecule has 0 atom stereocenters. The lowest BCUT2D eigenvalue weighted by molar-refractivity contribution is 0.209. The quantitative estimate of drug-likeness (QED) is 0.308. The van der Waals surface area contributed by atoms with Gasteiger partial charge in [-0.25, -0.2) is 19.7 Å². The second-order valence-electron chi connectivity index (χ2n) is 6.93. The third kappa shape index (κ3) is 5.25. The van der Waals surface area contributed by atoms with Crippen molar-refractivity contribution in [3.63, 3.8) is 0 Å². The number of fused-ring (bicyclic) bond motifs is 1. The van der Waals surface area contributed by atoms with Gasteiger partial charge in [-0.1, -0.05) is 6.07 Å². The van der Waals surface area contributed by atoms with E-state index in [1.54, 1.807) is 37.2 Å².